The van der Waals surface area contributed by atoms with Gasteiger partial charge in [0.15, 0.2) is 0 Å². The van der Waals surface area contributed by atoms with E-state index in [1.807, 2.05) is 13.8 Å². The van der Waals surface area contributed by atoms with E-state index in [1.54, 1.807) is 0 Å². The second-order valence-electron chi connectivity index (χ2n) is 4.65. The molecule has 0 aromatic heterocycles. The third-order valence-electron chi connectivity index (χ3n) is 3.41. The van der Waals surface area contributed by atoms with E-state index in [9.17, 15) is 9.59 Å². The molecule has 4 nitrogen and oxygen atoms in total. The Morgan fingerprint density at radius 3 is 2.00 bits per heavy atom. The van der Waals surface area contributed by atoms with Crippen LogP contribution in [0.1, 0.15) is 36.0 Å². The molecule has 0 bridgehead atoms. The van der Waals surface area contributed by atoms with Crippen molar-refractivity contribution in [2.45, 2.75) is 33.1 Å². The number of carbonyl (C=O) groups is 2. The SMILES string of the molecule is CC(C)C1CCCC(C(=O)O)C1C(=O)O.[H-].[H-].[Li+].[Li+]. The second-order valence-corrected chi connectivity index (χ2v) is 4.65. The molecule has 3 unspecified atom stereocenters. The van der Waals surface area contributed by atoms with E-state index in [0.29, 0.717) is 6.42 Å². The van der Waals surface area contributed by atoms with Crippen molar-refractivity contribution in [2.75, 3.05) is 0 Å². The van der Waals surface area contributed by atoms with E-state index in [4.69, 9.17) is 10.2 Å². The van der Waals surface area contributed by atoms with Crippen LogP contribution in [0, 0.1) is 23.7 Å². The Morgan fingerprint density at radius 1 is 1.12 bits per heavy atom. The minimum Gasteiger partial charge on any atom is -1.00 e. The maximum atomic E-state index is 11.1. The van der Waals surface area contributed by atoms with Gasteiger partial charge in [-0.2, -0.15) is 0 Å². The number of aliphatic carboxylic acids is 2. The van der Waals surface area contributed by atoms with Crippen LogP contribution in [-0.2, 0) is 9.59 Å². The first-order chi connectivity index (χ1) is 6.95. The van der Waals surface area contributed by atoms with E-state index in [2.05, 4.69) is 0 Å². The van der Waals surface area contributed by atoms with Crippen LogP contribution in [0.3, 0.4) is 0 Å². The fraction of sp³-hybridized carbons (Fsp3) is 0.818. The van der Waals surface area contributed by atoms with Crippen molar-refractivity contribution in [2.24, 2.45) is 23.7 Å². The van der Waals surface area contributed by atoms with Gasteiger partial charge in [0, 0.05) is 0 Å². The Bertz CT molecular complexity index is 277. The van der Waals surface area contributed by atoms with Gasteiger partial charge >= 0.3 is 49.7 Å². The van der Waals surface area contributed by atoms with Gasteiger partial charge in [0.2, 0.25) is 0 Å². The topological polar surface area (TPSA) is 74.6 Å². The summed E-state index contributed by atoms with van der Waals surface area (Å²) >= 11 is 0. The average molecular weight is 230 g/mol. The molecule has 2 N–H and O–H groups in total. The van der Waals surface area contributed by atoms with Crippen LogP contribution in [0.4, 0.5) is 0 Å². The first kappa shape index (κ1) is 19.5. The maximum Gasteiger partial charge on any atom is 1.00 e. The number of carboxylic acids is 2. The normalized spacial score (nSPS) is 27.8. The summed E-state index contributed by atoms with van der Waals surface area (Å²) in [5, 5.41) is 18.1. The molecule has 1 aliphatic rings. The molecule has 0 heterocycles. The van der Waals surface area contributed by atoms with Crippen LogP contribution < -0.4 is 37.7 Å². The minimum absolute atomic E-state index is 0. The third-order valence-corrected chi connectivity index (χ3v) is 3.41. The quantitative estimate of drug-likeness (QED) is 0.486. The first-order valence-electron chi connectivity index (χ1n) is 5.40. The molecule has 0 radical (unpaired) electrons. The molecule has 0 aliphatic heterocycles. The predicted octanol–water partition coefficient (Wildman–Crippen LogP) is -3.92. The van der Waals surface area contributed by atoms with E-state index >= 15 is 0 Å². The Morgan fingerprint density at radius 2 is 1.65 bits per heavy atom. The molecular weight excluding hydrogens is 210 g/mol. The summed E-state index contributed by atoms with van der Waals surface area (Å²) < 4.78 is 0. The predicted molar refractivity (Wildman–Crippen MR) is 56.7 cm³/mol. The number of rotatable bonds is 3. The Balaban J connectivity index is -0.000000281. The van der Waals surface area contributed by atoms with Crippen LogP contribution in [0.25, 0.3) is 0 Å². The fourth-order valence-electron chi connectivity index (χ4n) is 2.61. The van der Waals surface area contributed by atoms with Gasteiger partial charge < -0.3 is 13.1 Å². The van der Waals surface area contributed by atoms with E-state index in [1.165, 1.54) is 0 Å². The molecule has 1 saturated carbocycles. The van der Waals surface area contributed by atoms with Crippen LogP contribution in [0.2, 0.25) is 0 Å². The molecule has 0 aromatic rings. The van der Waals surface area contributed by atoms with Crippen molar-refractivity contribution in [1.29, 1.82) is 0 Å². The molecule has 17 heavy (non-hydrogen) atoms. The molecule has 0 saturated heterocycles. The molecule has 1 fully saturated rings. The standard InChI is InChI=1S/C11H18O4.2Li.2H/c1-6(2)7-4-3-5-8(10(12)13)9(7)11(14)15;;;;/h6-9H,3-5H2,1-2H3,(H,12,13)(H,14,15);;;;/q;2*+1;2*-1. The van der Waals surface area contributed by atoms with Crippen molar-refractivity contribution < 1.29 is 60.4 Å². The smallest absolute Gasteiger partial charge is 1.00 e. The summed E-state index contributed by atoms with van der Waals surface area (Å²) in [7, 11) is 0. The summed E-state index contributed by atoms with van der Waals surface area (Å²) in [6.07, 6.45) is 2.15. The van der Waals surface area contributed by atoms with Gasteiger partial charge in [0.05, 0.1) is 11.8 Å². The van der Waals surface area contributed by atoms with Gasteiger partial charge in [-0.1, -0.05) is 20.3 Å². The number of hydrogen-bond donors (Lipinski definition) is 2. The summed E-state index contributed by atoms with van der Waals surface area (Å²) in [6, 6.07) is 0. The first-order valence-corrected chi connectivity index (χ1v) is 5.40. The molecule has 0 amide bonds. The Hall–Kier alpha value is 0.135. The van der Waals surface area contributed by atoms with Crippen LogP contribution in [-0.4, -0.2) is 22.2 Å². The van der Waals surface area contributed by atoms with Gasteiger partial charge in [-0.3, -0.25) is 9.59 Å². The molecule has 0 aromatic carbocycles. The zero-order valence-corrected chi connectivity index (χ0v) is 11.1. The van der Waals surface area contributed by atoms with Crippen molar-refractivity contribution in [3.63, 3.8) is 0 Å². The van der Waals surface area contributed by atoms with Crippen molar-refractivity contribution in [3.8, 4) is 0 Å². The number of hydrogen-bond acceptors (Lipinski definition) is 2. The molecular formula is C11H20Li2O4. The largest absolute Gasteiger partial charge is 1.00 e. The molecule has 1 rings (SSSR count). The van der Waals surface area contributed by atoms with Crippen molar-refractivity contribution in [1.82, 2.24) is 0 Å². The zero-order chi connectivity index (χ0) is 11.6. The van der Waals surface area contributed by atoms with Crippen LogP contribution in [0.15, 0.2) is 0 Å². The summed E-state index contributed by atoms with van der Waals surface area (Å²) in [6.45, 7) is 3.93. The molecule has 0 spiro atoms. The van der Waals surface area contributed by atoms with Gasteiger partial charge in [0.25, 0.3) is 0 Å². The molecule has 6 heteroatoms. The van der Waals surface area contributed by atoms with E-state index < -0.39 is 23.8 Å². The van der Waals surface area contributed by atoms with Crippen LogP contribution >= 0.6 is 0 Å². The van der Waals surface area contributed by atoms with Gasteiger partial charge in [-0.05, 0) is 24.7 Å². The second kappa shape index (κ2) is 8.27. The Kier molecular flexibility index (Phi) is 9.48. The van der Waals surface area contributed by atoms with Gasteiger partial charge in [0.1, 0.15) is 0 Å². The van der Waals surface area contributed by atoms with E-state index in [0.717, 1.165) is 12.8 Å². The minimum atomic E-state index is -0.965. The Labute approximate surface area is 129 Å². The van der Waals surface area contributed by atoms with Gasteiger partial charge in [-0.25, -0.2) is 0 Å². The summed E-state index contributed by atoms with van der Waals surface area (Å²) in [5.41, 5.74) is 0. The van der Waals surface area contributed by atoms with Crippen LogP contribution in [0.5, 0.6) is 0 Å². The van der Waals surface area contributed by atoms with E-state index in [-0.39, 0.29) is 52.4 Å². The summed E-state index contributed by atoms with van der Waals surface area (Å²) in [5.74, 6) is -3.11. The monoisotopic (exact) mass is 230 g/mol. The fourth-order valence-corrected chi connectivity index (χ4v) is 2.61. The van der Waals surface area contributed by atoms with Crippen molar-refractivity contribution in [3.05, 3.63) is 0 Å². The zero-order valence-electron chi connectivity index (χ0n) is 13.1. The summed E-state index contributed by atoms with van der Waals surface area (Å²) in [4.78, 5) is 22.1. The van der Waals surface area contributed by atoms with Gasteiger partial charge in [-0.15, -0.1) is 0 Å². The average Bonchev–Trinajstić information content (AvgIpc) is 2.16. The maximum absolute atomic E-state index is 11.1. The molecule has 90 valence electrons. The molecule has 1 aliphatic carbocycles. The van der Waals surface area contributed by atoms with Crippen molar-refractivity contribution >= 4 is 11.9 Å². The third kappa shape index (κ3) is 4.72. The number of carboxylic acid groups (broad SMARTS) is 2. The molecule has 3 atom stereocenters.